The van der Waals surface area contributed by atoms with Crippen molar-refractivity contribution in [3.8, 4) is 0 Å². The summed E-state index contributed by atoms with van der Waals surface area (Å²) in [5.41, 5.74) is 1.29. The summed E-state index contributed by atoms with van der Waals surface area (Å²) in [6.45, 7) is 8.18. The van der Waals surface area contributed by atoms with Gasteiger partial charge in [-0.05, 0) is 31.2 Å². The fraction of sp³-hybridized carbons (Fsp3) is 0.643. The minimum atomic E-state index is 0.610. The Morgan fingerprint density at radius 3 is 2.82 bits per heavy atom. The van der Waals surface area contributed by atoms with E-state index < -0.39 is 0 Å². The number of nitrogens with one attached hydrogen (secondary N) is 1. The van der Waals surface area contributed by atoms with E-state index in [1.54, 1.807) is 0 Å². The van der Waals surface area contributed by atoms with Crippen molar-refractivity contribution in [3.05, 3.63) is 18.3 Å². The van der Waals surface area contributed by atoms with Gasteiger partial charge in [-0.2, -0.15) is 0 Å². The molecular formula is C14H23N3. The molecule has 94 valence electrons. The van der Waals surface area contributed by atoms with Gasteiger partial charge in [-0.25, -0.2) is 4.98 Å². The molecule has 1 aliphatic heterocycles. The van der Waals surface area contributed by atoms with Gasteiger partial charge in [0.25, 0.3) is 0 Å². The van der Waals surface area contributed by atoms with Gasteiger partial charge in [-0.15, -0.1) is 0 Å². The van der Waals surface area contributed by atoms with Crippen LogP contribution in [-0.2, 0) is 0 Å². The first kappa shape index (κ1) is 12.2. The summed E-state index contributed by atoms with van der Waals surface area (Å²) in [6, 6.07) is 4.86. The van der Waals surface area contributed by atoms with E-state index in [1.807, 2.05) is 13.2 Å². The lowest BCUT2D eigenvalue weighted by atomic mass is 9.85. The normalized spacial score (nSPS) is 29.2. The molecule has 3 unspecified atom stereocenters. The van der Waals surface area contributed by atoms with E-state index in [9.17, 15) is 0 Å². The number of piperidine rings is 1. The van der Waals surface area contributed by atoms with Crippen LogP contribution < -0.4 is 10.2 Å². The summed E-state index contributed by atoms with van der Waals surface area (Å²) in [5, 5.41) is 3.11. The first-order valence-corrected chi connectivity index (χ1v) is 6.52. The maximum atomic E-state index is 4.28. The maximum Gasteiger partial charge on any atom is 0.127 e. The van der Waals surface area contributed by atoms with Crippen molar-refractivity contribution in [1.29, 1.82) is 0 Å². The van der Waals surface area contributed by atoms with Crippen LogP contribution in [-0.4, -0.2) is 24.6 Å². The van der Waals surface area contributed by atoms with Crippen molar-refractivity contribution in [2.45, 2.75) is 33.2 Å². The van der Waals surface area contributed by atoms with E-state index in [0.717, 1.165) is 24.2 Å². The quantitative estimate of drug-likeness (QED) is 0.851. The summed E-state index contributed by atoms with van der Waals surface area (Å²) in [7, 11) is 1.91. The van der Waals surface area contributed by atoms with Crippen LogP contribution in [0.15, 0.2) is 18.3 Å². The van der Waals surface area contributed by atoms with E-state index in [0.29, 0.717) is 6.04 Å². The van der Waals surface area contributed by atoms with Crippen LogP contribution in [0.25, 0.3) is 0 Å². The molecule has 1 aliphatic rings. The van der Waals surface area contributed by atoms with Crippen molar-refractivity contribution in [2.24, 2.45) is 11.8 Å². The number of anilines is 2. The highest BCUT2D eigenvalue weighted by Gasteiger charge is 2.28. The zero-order valence-electron chi connectivity index (χ0n) is 11.3. The SMILES string of the molecule is CNc1cc(N2CC(C)CC(C)C2C)ccn1. The fourth-order valence-corrected chi connectivity index (χ4v) is 2.79. The summed E-state index contributed by atoms with van der Waals surface area (Å²) in [5.74, 6) is 2.47. The van der Waals surface area contributed by atoms with Crippen molar-refractivity contribution >= 4 is 11.5 Å². The third-order valence-corrected chi connectivity index (χ3v) is 3.93. The average molecular weight is 233 g/mol. The Bertz CT molecular complexity index is 377. The van der Waals surface area contributed by atoms with Gasteiger partial charge in [0.15, 0.2) is 0 Å². The van der Waals surface area contributed by atoms with Crippen LogP contribution in [0.5, 0.6) is 0 Å². The van der Waals surface area contributed by atoms with E-state index in [2.05, 4.69) is 48.1 Å². The molecule has 1 aromatic rings. The highest BCUT2D eigenvalue weighted by molar-refractivity contribution is 5.54. The molecule has 1 saturated heterocycles. The second-order valence-electron chi connectivity index (χ2n) is 5.36. The topological polar surface area (TPSA) is 28.2 Å². The Labute approximate surface area is 104 Å². The molecule has 17 heavy (non-hydrogen) atoms. The van der Waals surface area contributed by atoms with E-state index in [4.69, 9.17) is 0 Å². The smallest absolute Gasteiger partial charge is 0.127 e. The van der Waals surface area contributed by atoms with Crippen LogP contribution in [0, 0.1) is 11.8 Å². The van der Waals surface area contributed by atoms with Crippen LogP contribution in [0.3, 0.4) is 0 Å². The highest BCUT2D eigenvalue weighted by Crippen LogP contribution is 2.31. The van der Waals surface area contributed by atoms with E-state index in [1.165, 1.54) is 12.1 Å². The monoisotopic (exact) mass is 233 g/mol. The molecular weight excluding hydrogens is 210 g/mol. The maximum absolute atomic E-state index is 4.28. The summed E-state index contributed by atoms with van der Waals surface area (Å²) >= 11 is 0. The minimum absolute atomic E-state index is 0.610. The molecule has 0 aliphatic carbocycles. The predicted molar refractivity (Wildman–Crippen MR) is 73.5 cm³/mol. The number of nitrogens with zero attached hydrogens (tertiary/aromatic N) is 2. The van der Waals surface area contributed by atoms with Crippen LogP contribution in [0.2, 0.25) is 0 Å². The third kappa shape index (κ3) is 2.54. The van der Waals surface area contributed by atoms with Gasteiger partial charge in [0, 0.05) is 37.6 Å². The molecule has 0 saturated carbocycles. The Morgan fingerprint density at radius 1 is 1.35 bits per heavy atom. The molecule has 2 heterocycles. The van der Waals surface area contributed by atoms with E-state index in [-0.39, 0.29) is 0 Å². The molecule has 0 amide bonds. The average Bonchev–Trinajstić information content (AvgIpc) is 2.34. The Morgan fingerprint density at radius 2 is 2.12 bits per heavy atom. The van der Waals surface area contributed by atoms with Gasteiger partial charge in [-0.3, -0.25) is 0 Å². The van der Waals surface area contributed by atoms with Crippen LogP contribution in [0.1, 0.15) is 27.2 Å². The zero-order valence-corrected chi connectivity index (χ0v) is 11.3. The Balaban J connectivity index is 2.24. The van der Waals surface area contributed by atoms with Gasteiger partial charge >= 0.3 is 0 Å². The molecule has 3 nitrogen and oxygen atoms in total. The largest absolute Gasteiger partial charge is 0.373 e. The van der Waals surface area contributed by atoms with Crippen LogP contribution >= 0.6 is 0 Å². The van der Waals surface area contributed by atoms with Crippen molar-refractivity contribution in [3.63, 3.8) is 0 Å². The first-order valence-electron chi connectivity index (χ1n) is 6.52. The first-order chi connectivity index (χ1) is 8.11. The number of hydrogen-bond acceptors (Lipinski definition) is 3. The van der Waals surface area contributed by atoms with Gasteiger partial charge in [0.05, 0.1) is 0 Å². The molecule has 0 aromatic carbocycles. The van der Waals surface area contributed by atoms with Crippen LogP contribution in [0.4, 0.5) is 11.5 Å². The second-order valence-corrected chi connectivity index (χ2v) is 5.36. The van der Waals surface area contributed by atoms with Gasteiger partial charge in [0.1, 0.15) is 5.82 Å². The molecule has 1 fully saturated rings. The Hall–Kier alpha value is -1.25. The molecule has 3 heteroatoms. The van der Waals surface area contributed by atoms with Gasteiger partial charge in [0.2, 0.25) is 0 Å². The summed E-state index contributed by atoms with van der Waals surface area (Å²) < 4.78 is 0. The molecule has 1 aromatic heterocycles. The fourth-order valence-electron chi connectivity index (χ4n) is 2.79. The van der Waals surface area contributed by atoms with Gasteiger partial charge < -0.3 is 10.2 Å². The highest BCUT2D eigenvalue weighted by atomic mass is 15.2. The predicted octanol–water partition coefficient (Wildman–Crippen LogP) is 2.99. The van der Waals surface area contributed by atoms with Gasteiger partial charge in [-0.1, -0.05) is 13.8 Å². The molecule has 0 bridgehead atoms. The number of rotatable bonds is 2. The molecule has 2 rings (SSSR count). The second kappa shape index (κ2) is 4.94. The standard InChI is InChI=1S/C14H23N3/c1-10-7-11(2)12(3)17(9-10)13-5-6-16-14(8-13)15-4/h5-6,8,10-12H,7,9H2,1-4H3,(H,15,16). The summed E-state index contributed by atoms with van der Waals surface area (Å²) in [4.78, 5) is 6.79. The molecule has 0 spiro atoms. The number of pyridine rings is 1. The molecule has 3 atom stereocenters. The van der Waals surface area contributed by atoms with Crippen molar-refractivity contribution < 1.29 is 0 Å². The zero-order chi connectivity index (χ0) is 12.4. The number of hydrogen-bond donors (Lipinski definition) is 1. The lowest BCUT2D eigenvalue weighted by molar-refractivity contribution is 0.297. The molecule has 0 radical (unpaired) electrons. The number of aromatic nitrogens is 1. The lowest BCUT2D eigenvalue weighted by Gasteiger charge is -2.42. The summed E-state index contributed by atoms with van der Waals surface area (Å²) in [6.07, 6.45) is 3.22. The van der Waals surface area contributed by atoms with Crippen molar-refractivity contribution in [2.75, 3.05) is 23.8 Å². The minimum Gasteiger partial charge on any atom is -0.373 e. The lowest BCUT2D eigenvalue weighted by Crippen LogP contribution is -2.45. The Kier molecular flexibility index (Phi) is 3.55. The third-order valence-electron chi connectivity index (χ3n) is 3.93. The van der Waals surface area contributed by atoms with E-state index >= 15 is 0 Å². The van der Waals surface area contributed by atoms with Crippen molar-refractivity contribution in [1.82, 2.24) is 4.98 Å². The molecule has 1 N–H and O–H groups in total.